The van der Waals surface area contributed by atoms with Crippen molar-refractivity contribution in [3.05, 3.63) is 47.7 Å². The first kappa shape index (κ1) is 11.3. The molecule has 0 unspecified atom stereocenters. The van der Waals surface area contributed by atoms with E-state index in [1.54, 1.807) is 12.3 Å². The average molecular weight is 232 g/mol. The Kier molecular flexibility index (Phi) is 3.18. The molecule has 88 valence electrons. The molecule has 0 fully saturated rings. The van der Waals surface area contributed by atoms with Crippen molar-refractivity contribution in [2.24, 2.45) is 0 Å². The summed E-state index contributed by atoms with van der Waals surface area (Å²) in [5.41, 5.74) is 3.24. The Morgan fingerprint density at radius 1 is 1.06 bits per heavy atom. The monoisotopic (exact) mass is 232 g/mol. The van der Waals surface area contributed by atoms with Crippen LogP contribution in [0.3, 0.4) is 0 Å². The van der Waals surface area contributed by atoms with E-state index in [2.05, 4.69) is 20.4 Å². The third kappa shape index (κ3) is 2.69. The van der Waals surface area contributed by atoms with Gasteiger partial charge in [-0.3, -0.25) is 10.2 Å². The number of aryl methyl sites for hydroxylation is 2. The maximum atomic E-state index is 12.5. The summed E-state index contributed by atoms with van der Waals surface area (Å²) in [4.78, 5) is 0. The molecular weight excluding hydrogens is 219 g/mol. The summed E-state index contributed by atoms with van der Waals surface area (Å²) in [6, 6.07) is 4.51. The summed E-state index contributed by atoms with van der Waals surface area (Å²) < 4.78 is 12.5. The highest BCUT2D eigenvalue weighted by Crippen LogP contribution is 2.10. The van der Waals surface area contributed by atoms with E-state index >= 15 is 0 Å². The topological polar surface area (TPSA) is 57.4 Å². The molecule has 0 aliphatic carbocycles. The fourth-order valence-electron chi connectivity index (χ4n) is 1.32. The van der Waals surface area contributed by atoms with Gasteiger partial charge >= 0.3 is 0 Å². The first-order valence-corrected chi connectivity index (χ1v) is 5.22. The summed E-state index contributed by atoms with van der Waals surface area (Å²) in [6.45, 7) is 4.03. The van der Waals surface area contributed by atoms with Crippen LogP contribution >= 0.6 is 0 Å². The summed E-state index contributed by atoms with van der Waals surface area (Å²) in [5.74, 6) is -0.228. The van der Waals surface area contributed by atoms with Crippen molar-refractivity contribution in [1.29, 1.82) is 0 Å². The lowest BCUT2D eigenvalue weighted by Gasteiger charge is -1.86. The average Bonchev–Trinajstić information content (AvgIpc) is 2.89. The predicted octanol–water partition coefficient (Wildman–Crippen LogP) is 2.73. The Morgan fingerprint density at radius 3 is 2.41 bits per heavy atom. The fourth-order valence-corrected chi connectivity index (χ4v) is 1.32. The van der Waals surface area contributed by atoms with E-state index in [-0.39, 0.29) is 5.82 Å². The lowest BCUT2D eigenvalue weighted by molar-refractivity contribution is 0.630. The van der Waals surface area contributed by atoms with Crippen LogP contribution in [0.4, 0.5) is 4.39 Å². The summed E-state index contributed by atoms with van der Waals surface area (Å²) in [7, 11) is 0. The fraction of sp³-hybridized carbons (Fsp3) is 0.167. The third-order valence-corrected chi connectivity index (χ3v) is 2.48. The highest BCUT2D eigenvalue weighted by molar-refractivity contribution is 5.77. The Labute approximate surface area is 97.9 Å². The number of nitrogens with one attached hydrogen (secondary N) is 2. The van der Waals surface area contributed by atoms with Crippen molar-refractivity contribution in [3.63, 3.8) is 0 Å². The van der Waals surface area contributed by atoms with Gasteiger partial charge in [0.25, 0.3) is 0 Å². The van der Waals surface area contributed by atoms with Crippen LogP contribution in [0.1, 0.15) is 11.3 Å². The molecule has 0 radical (unpaired) electrons. The molecule has 2 N–H and O–H groups in total. The number of nitrogens with zero attached hydrogens (tertiary/aromatic N) is 2. The second-order valence-corrected chi connectivity index (χ2v) is 3.78. The van der Waals surface area contributed by atoms with Crippen molar-refractivity contribution in [2.45, 2.75) is 13.8 Å². The number of hydrogen-bond acceptors (Lipinski definition) is 2. The van der Waals surface area contributed by atoms with Gasteiger partial charge in [0.15, 0.2) is 0 Å². The summed E-state index contributed by atoms with van der Waals surface area (Å²) in [5, 5.41) is 13.9. The maximum Gasteiger partial charge on any atom is 0.124 e. The summed E-state index contributed by atoms with van der Waals surface area (Å²) in [6.07, 6.45) is 3.41. The van der Waals surface area contributed by atoms with Gasteiger partial charge in [0.05, 0.1) is 17.9 Å². The quantitative estimate of drug-likeness (QED) is 0.626. The lowest BCUT2D eigenvalue weighted by Crippen LogP contribution is -1.71. The number of aromatic nitrogens is 4. The third-order valence-electron chi connectivity index (χ3n) is 2.48. The first-order chi connectivity index (χ1) is 8.16. The van der Waals surface area contributed by atoms with Gasteiger partial charge in [-0.1, -0.05) is 0 Å². The zero-order valence-electron chi connectivity index (χ0n) is 9.66. The van der Waals surface area contributed by atoms with Crippen LogP contribution in [0, 0.1) is 19.7 Å². The number of halogens is 1. The molecular formula is C12H13FN4. The van der Waals surface area contributed by atoms with E-state index in [0.717, 1.165) is 16.6 Å². The van der Waals surface area contributed by atoms with E-state index in [1.165, 1.54) is 17.7 Å². The van der Waals surface area contributed by atoms with Crippen LogP contribution in [-0.4, -0.2) is 20.4 Å². The van der Waals surface area contributed by atoms with Crippen molar-refractivity contribution in [1.82, 2.24) is 20.4 Å². The van der Waals surface area contributed by atoms with Crippen LogP contribution in [0.25, 0.3) is 10.9 Å². The largest absolute Gasteiger partial charge is 0.283 e. The highest BCUT2D eigenvalue weighted by atomic mass is 19.1. The SMILES string of the molecule is Cc1cn[nH]c1C.Fc1ccc2[nH]ncc2c1. The number of rotatable bonds is 0. The summed E-state index contributed by atoms with van der Waals surface area (Å²) >= 11 is 0. The minimum Gasteiger partial charge on any atom is -0.283 e. The molecule has 0 spiro atoms. The number of benzene rings is 1. The molecule has 2 aromatic heterocycles. The molecule has 4 nitrogen and oxygen atoms in total. The minimum absolute atomic E-state index is 0.228. The molecule has 3 rings (SSSR count). The number of hydrogen-bond donors (Lipinski definition) is 2. The Bertz CT molecular complexity index is 595. The smallest absolute Gasteiger partial charge is 0.124 e. The Balaban J connectivity index is 0.000000136. The lowest BCUT2D eigenvalue weighted by atomic mass is 10.2. The van der Waals surface area contributed by atoms with Crippen molar-refractivity contribution >= 4 is 10.9 Å². The molecule has 17 heavy (non-hydrogen) atoms. The number of H-pyrrole nitrogens is 2. The molecule has 0 amide bonds. The van der Waals surface area contributed by atoms with E-state index in [9.17, 15) is 4.39 Å². The Hall–Kier alpha value is -2.17. The van der Waals surface area contributed by atoms with E-state index < -0.39 is 0 Å². The van der Waals surface area contributed by atoms with Crippen LogP contribution in [0.15, 0.2) is 30.6 Å². The van der Waals surface area contributed by atoms with E-state index in [1.807, 2.05) is 20.0 Å². The van der Waals surface area contributed by atoms with Gasteiger partial charge < -0.3 is 0 Å². The number of fused-ring (bicyclic) bond motifs is 1. The van der Waals surface area contributed by atoms with E-state index in [0.29, 0.717) is 0 Å². The van der Waals surface area contributed by atoms with Crippen LogP contribution in [-0.2, 0) is 0 Å². The molecule has 2 heterocycles. The zero-order chi connectivity index (χ0) is 12.3. The predicted molar refractivity (Wildman–Crippen MR) is 64.1 cm³/mol. The normalized spacial score (nSPS) is 10.1. The molecule has 0 aliphatic rings. The van der Waals surface area contributed by atoms with Gasteiger partial charge in [-0.2, -0.15) is 10.2 Å². The van der Waals surface area contributed by atoms with Crippen LogP contribution < -0.4 is 0 Å². The van der Waals surface area contributed by atoms with Gasteiger partial charge in [-0.25, -0.2) is 4.39 Å². The first-order valence-electron chi connectivity index (χ1n) is 5.22. The second-order valence-electron chi connectivity index (χ2n) is 3.78. The van der Waals surface area contributed by atoms with Gasteiger partial charge in [0, 0.05) is 11.1 Å². The van der Waals surface area contributed by atoms with Crippen LogP contribution in [0.2, 0.25) is 0 Å². The zero-order valence-corrected chi connectivity index (χ0v) is 9.66. The highest BCUT2D eigenvalue weighted by Gasteiger charge is 1.94. The van der Waals surface area contributed by atoms with Gasteiger partial charge in [-0.05, 0) is 37.6 Å². The standard InChI is InChI=1S/C7H5FN2.C5H8N2/c8-6-1-2-7-5(3-6)4-9-10-7;1-4-3-6-7-5(4)2/h1-4H,(H,9,10);3H,1-2H3,(H,6,7). The molecule has 0 aliphatic heterocycles. The minimum atomic E-state index is -0.228. The van der Waals surface area contributed by atoms with E-state index in [4.69, 9.17) is 0 Å². The number of aromatic amines is 2. The van der Waals surface area contributed by atoms with Crippen LogP contribution in [0.5, 0.6) is 0 Å². The molecule has 0 saturated carbocycles. The van der Waals surface area contributed by atoms with Crippen molar-refractivity contribution < 1.29 is 4.39 Å². The van der Waals surface area contributed by atoms with Gasteiger partial charge in [0.2, 0.25) is 0 Å². The molecule has 5 heteroatoms. The molecule has 1 aromatic carbocycles. The van der Waals surface area contributed by atoms with Crippen molar-refractivity contribution in [3.8, 4) is 0 Å². The Morgan fingerprint density at radius 2 is 1.82 bits per heavy atom. The molecule has 0 saturated heterocycles. The molecule has 0 bridgehead atoms. The van der Waals surface area contributed by atoms with Gasteiger partial charge in [-0.15, -0.1) is 0 Å². The van der Waals surface area contributed by atoms with Gasteiger partial charge in [0.1, 0.15) is 5.82 Å². The maximum absolute atomic E-state index is 12.5. The second kappa shape index (κ2) is 4.78. The molecule has 3 aromatic rings. The molecule has 0 atom stereocenters. The van der Waals surface area contributed by atoms with Crippen molar-refractivity contribution in [2.75, 3.05) is 0 Å².